The minimum Gasteiger partial charge on any atom is -0.497 e. The summed E-state index contributed by atoms with van der Waals surface area (Å²) in [5.74, 6) is 1.57. The number of carbonyl (C=O) groups excluding carboxylic acids is 1. The van der Waals surface area contributed by atoms with Crippen LogP contribution in [0.15, 0.2) is 54.0 Å². The molecule has 0 unspecified atom stereocenters. The number of methoxy groups -OCH3 is 1. The van der Waals surface area contributed by atoms with Gasteiger partial charge in [0, 0.05) is 12.6 Å². The number of hydrogen-bond donors (Lipinski definition) is 0. The molecule has 31 heavy (non-hydrogen) atoms. The van der Waals surface area contributed by atoms with Crippen molar-refractivity contribution in [1.82, 2.24) is 4.90 Å². The molecule has 1 aliphatic rings. The lowest BCUT2D eigenvalue weighted by atomic mass is 10.2. The van der Waals surface area contributed by atoms with E-state index in [1.165, 1.54) is 16.7 Å². The standard InChI is InChI=1S/C22H19Cl2NO4S2/c1-3-7-25-21(26)19(31-22(25)30)12-14-10-17(23)20(18(24)11-14)29-9-8-28-16-6-4-5-15(13-16)27-2/h3-6,10-13H,1,7-9H2,2H3. The molecule has 0 bridgehead atoms. The van der Waals surface area contributed by atoms with E-state index >= 15 is 0 Å². The number of nitrogens with zero attached hydrogens (tertiary/aromatic N) is 1. The largest absolute Gasteiger partial charge is 0.497 e. The maximum Gasteiger partial charge on any atom is 0.266 e. The molecule has 1 fully saturated rings. The lowest BCUT2D eigenvalue weighted by Crippen LogP contribution is -2.27. The number of halogens is 2. The first kappa shape index (κ1) is 23.5. The van der Waals surface area contributed by atoms with Crippen LogP contribution in [0.25, 0.3) is 6.08 Å². The first-order chi connectivity index (χ1) is 14.9. The van der Waals surface area contributed by atoms with Crippen molar-refractivity contribution >= 4 is 63.5 Å². The van der Waals surface area contributed by atoms with E-state index in [0.29, 0.717) is 55.2 Å². The van der Waals surface area contributed by atoms with E-state index in [4.69, 9.17) is 49.6 Å². The quantitative estimate of drug-likeness (QED) is 0.188. The van der Waals surface area contributed by atoms with Crippen molar-refractivity contribution in [2.24, 2.45) is 0 Å². The van der Waals surface area contributed by atoms with Gasteiger partial charge in [-0.1, -0.05) is 59.3 Å². The van der Waals surface area contributed by atoms with Gasteiger partial charge in [-0.3, -0.25) is 9.69 Å². The highest BCUT2D eigenvalue weighted by Crippen LogP contribution is 2.37. The molecule has 2 aromatic carbocycles. The van der Waals surface area contributed by atoms with Crippen molar-refractivity contribution in [3.05, 3.63) is 69.6 Å². The highest BCUT2D eigenvalue weighted by Gasteiger charge is 2.31. The molecule has 9 heteroatoms. The maximum atomic E-state index is 12.5. The van der Waals surface area contributed by atoms with Gasteiger partial charge in [0.05, 0.1) is 22.1 Å². The number of thioether (sulfide) groups is 1. The molecule has 0 aromatic heterocycles. The predicted molar refractivity (Wildman–Crippen MR) is 131 cm³/mol. The number of amides is 1. The smallest absolute Gasteiger partial charge is 0.266 e. The second-order valence-corrected chi connectivity index (χ2v) is 8.76. The summed E-state index contributed by atoms with van der Waals surface area (Å²) in [4.78, 5) is 14.5. The fourth-order valence-electron chi connectivity index (χ4n) is 2.73. The van der Waals surface area contributed by atoms with Gasteiger partial charge in [0.1, 0.15) is 29.0 Å². The minimum atomic E-state index is -0.169. The summed E-state index contributed by atoms with van der Waals surface area (Å²) in [6, 6.07) is 10.7. The average molecular weight is 496 g/mol. The maximum absolute atomic E-state index is 12.5. The van der Waals surface area contributed by atoms with E-state index in [9.17, 15) is 4.79 Å². The zero-order valence-electron chi connectivity index (χ0n) is 16.6. The highest BCUT2D eigenvalue weighted by atomic mass is 35.5. The van der Waals surface area contributed by atoms with Crippen molar-refractivity contribution in [3.8, 4) is 17.2 Å². The fourth-order valence-corrected chi connectivity index (χ4v) is 4.62. The third-order valence-corrected chi connectivity index (χ3v) is 6.08. The van der Waals surface area contributed by atoms with Crippen LogP contribution in [-0.2, 0) is 4.79 Å². The van der Waals surface area contributed by atoms with Crippen molar-refractivity contribution in [3.63, 3.8) is 0 Å². The summed E-state index contributed by atoms with van der Waals surface area (Å²) in [5.41, 5.74) is 0.675. The van der Waals surface area contributed by atoms with Crippen LogP contribution in [0.3, 0.4) is 0 Å². The van der Waals surface area contributed by atoms with Gasteiger partial charge in [0.25, 0.3) is 5.91 Å². The third-order valence-electron chi connectivity index (χ3n) is 4.14. The molecule has 1 aliphatic heterocycles. The molecular weight excluding hydrogens is 477 g/mol. The number of rotatable bonds is 9. The molecule has 0 aliphatic carbocycles. The molecule has 1 amide bonds. The predicted octanol–water partition coefficient (Wildman–Crippen LogP) is 5.85. The summed E-state index contributed by atoms with van der Waals surface area (Å²) in [7, 11) is 1.60. The minimum absolute atomic E-state index is 0.169. The van der Waals surface area contributed by atoms with Crippen LogP contribution in [0.1, 0.15) is 5.56 Å². The lowest BCUT2D eigenvalue weighted by Gasteiger charge is -2.12. The van der Waals surface area contributed by atoms with Gasteiger partial charge in [-0.15, -0.1) is 6.58 Å². The van der Waals surface area contributed by atoms with Crippen LogP contribution in [0, 0.1) is 0 Å². The summed E-state index contributed by atoms with van der Waals surface area (Å²) in [6.07, 6.45) is 3.33. The molecule has 162 valence electrons. The Morgan fingerprint density at radius 3 is 2.48 bits per heavy atom. The molecule has 0 atom stereocenters. The van der Waals surface area contributed by atoms with Crippen LogP contribution in [0.2, 0.25) is 10.0 Å². The molecule has 1 saturated heterocycles. The molecule has 0 radical (unpaired) electrons. The van der Waals surface area contributed by atoms with Crippen molar-refractivity contribution < 1.29 is 19.0 Å². The van der Waals surface area contributed by atoms with Gasteiger partial charge in [-0.05, 0) is 35.9 Å². The molecular formula is C22H19Cl2NO4S2. The number of ether oxygens (including phenoxy) is 3. The van der Waals surface area contributed by atoms with Crippen molar-refractivity contribution in [2.45, 2.75) is 0 Å². The first-order valence-electron chi connectivity index (χ1n) is 9.18. The Hall–Kier alpha value is -2.19. The fraction of sp³-hybridized carbons (Fsp3) is 0.182. The van der Waals surface area contributed by atoms with E-state index in [-0.39, 0.29) is 12.5 Å². The molecule has 3 rings (SSSR count). The molecule has 2 aromatic rings. The van der Waals surface area contributed by atoms with Gasteiger partial charge < -0.3 is 14.2 Å². The summed E-state index contributed by atoms with van der Waals surface area (Å²) >= 11 is 19.2. The van der Waals surface area contributed by atoms with Crippen LogP contribution >= 0.6 is 47.2 Å². The van der Waals surface area contributed by atoms with Gasteiger partial charge in [0.15, 0.2) is 5.75 Å². The average Bonchev–Trinajstić information content (AvgIpc) is 3.00. The van der Waals surface area contributed by atoms with Gasteiger partial charge >= 0.3 is 0 Å². The van der Waals surface area contributed by atoms with E-state index in [2.05, 4.69) is 6.58 Å². The molecule has 0 saturated carbocycles. The van der Waals surface area contributed by atoms with Crippen LogP contribution in [0.4, 0.5) is 0 Å². The zero-order chi connectivity index (χ0) is 22.4. The Balaban J connectivity index is 1.63. The van der Waals surface area contributed by atoms with Crippen LogP contribution in [0.5, 0.6) is 17.2 Å². The van der Waals surface area contributed by atoms with Gasteiger partial charge in [-0.2, -0.15) is 0 Å². The normalized spacial score (nSPS) is 14.8. The third kappa shape index (κ3) is 5.95. The summed E-state index contributed by atoms with van der Waals surface area (Å²) in [6.45, 7) is 4.56. The second-order valence-electron chi connectivity index (χ2n) is 6.27. The van der Waals surface area contributed by atoms with E-state index in [1.807, 2.05) is 18.2 Å². The first-order valence-corrected chi connectivity index (χ1v) is 11.2. The number of hydrogen-bond acceptors (Lipinski definition) is 6. The molecule has 0 spiro atoms. The summed E-state index contributed by atoms with van der Waals surface area (Å²) < 4.78 is 17.0. The Labute approximate surface area is 200 Å². The Morgan fingerprint density at radius 2 is 1.81 bits per heavy atom. The van der Waals surface area contributed by atoms with Crippen LogP contribution < -0.4 is 14.2 Å². The van der Waals surface area contributed by atoms with Crippen LogP contribution in [-0.4, -0.2) is 42.0 Å². The van der Waals surface area contributed by atoms with E-state index in [1.54, 1.807) is 37.5 Å². The lowest BCUT2D eigenvalue weighted by molar-refractivity contribution is -0.121. The topological polar surface area (TPSA) is 48.0 Å². The Bertz CT molecular complexity index is 1020. The van der Waals surface area contributed by atoms with Gasteiger partial charge in [0.2, 0.25) is 0 Å². The number of benzene rings is 2. The Morgan fingerprint density at radius 1 is 1.13 bits per heavy atom. The van der Waals surface area contributed by atoms with Crippen molar-refractivity contribution in [1.29, 1.82) is 0 Å². The monoisotopic (exact) mass is 495 g/mol. The van der Waals surface area contributed by atoms with E-state index < -0.39 is 0 Å². The SMILES string of the molecule is C=CCN1C(=O)C(=Cc2cc(Cl)c(OCCOc3cccc(OC)c3)c(Cl)c2)SC1=S. The molecule has 5 nitrogen and oxygen atoms in total. The highest BCUT2D eigenvalue weighted by molar-refractivity contribution is 8.26. The van der Waals surface area contributed by atoms with Crippen molar-refractivity contribution in [2.75, 3.05) is 26.9 Å². The Kier molecular flexibility index (Phi) is 8.26. The molecule has 1 heterocycles. The zero-order valence-corrected chi connectivity index (χ0v) is 19.7. The molecule has 0 N–H and O–H groups in total. The second kappa shape index (κ2) is 10.9. The number of thiocarbonyl (C=S) groups is 1. The van der Waals surface area contributed by atoms with E-state index in [0.717, 1.165) is 0 Å². The summed E-state index contributed by atoms with van der Waals surface area (Å²) in [5, 5.41) is 0.670. The van der Waals surface area contributed by atoms with Gasteiger partial charge in [-0.25, -0.2) is 0 Å². The number of carbonyl (C=O) groups is 1.